The van der Waals surface area contributed by atoms with E-state index in [-0.39, 0.29) is 12.6 Å². The van der Waals surface area contributed by atoms with Gasteiger partial charge in [0.05, 0.1) is 0 Å². The third kappa shape index (κ3) is 4.33. The van der Waals surface area contributed by atoms with Crippen molar-refractivity contribution in [3.63, 3.8) is 0 Å². The van der Waals surface area contributed by atoms with Gasteiger partial charge in [-0.1, -0.05) is 19.9 Å². The fraction of sp³-hybridized carbons (Fsp3) is 0.462. The molecule has 0 heterocycles. The van der Waals surface area contributed by atoms with Gasteiger partial charge >= 0.3 is 5.97 Å². The number of hydrogen-bond donors (Lipinski definition) is 2. The Balaban J connectivity index is 2.66. The predicted octanol–water partition coefficient (Wildman–Crippen LogP) is 1.96. The van der Waals surface area contributed by atoms with E-state index in [1.807, 2.05) is 13.8 Å². The molecule has 0 aliphatic rings. The molecule has 0 saturated heterocycles. The lowest BCUT2D eigenvalue weighted by Gasteiger charge is -2.18. The van der Waals surface area contributed by atoms with Gasteiger partial charge in [-0.2, -0.15) is 0 Å². The third-order valence-electron chi connectivity index (χ3n) is 2.39. The second-order valence-corrected chi connectivity index (χ2v) is 4.43. The lowest BCUT2D eigenvalue weighted by Crippen LogP contribution is -2.44. The topological polar surface area (TPSA) is 58.6 Å². The molecule has 0 aliphatic carbocycles. The van der Waals surface area contributed by atoms with E-state index in [0.717, 1.165) is 5.56 Å². The van der Waals surface area contributed by atoms with Crippen molar-refractivity contribution in [2.24, 2.45) is 0 Å². The number of rotatable bonds is 6. The molecule has 0 bridgehead atoms. The van der Waals surface area contributed by atoms with Crippen LogP contribution in [0.3, 0.4) is 0 Å². The molecule has 1 rings (SSSR count). The van der Waals surface area contributed by atoms with E-state index in [1.54, 1.807) is 13.0 Å². The molecule has 0 spiro atoms. The Kier molecular flexibility index (Phi) is 5.09. The minimum Gasteiger partial charge on any atom is -0.491 e. The molecule has 5 heteroatoms. The van der Waals surface area contributed by atoms with Crippen LogP contribution in [0.5, 0.6) is 5.75 Å². The van der Waals surface area contributed by atoms with E-state index in [9.17, 15) is 9.18 Å². The smallest absolute Gasteiger partial charge is 0.324 e. The number of aryl methyl sites for hydroxylation is 1. The van der Waals surface area contributed by atoms with Crippen molar-refractivity contribution < 1.29 is 19.0 Å². The summed E-state index contributed by atoms with van der Waals surface area (Å²) < 4.78 is 18.4. The van der Waals surface area contributed by atoms with Crippen molar-refractivity contribution in [1.82, 2.24) is 5.32 Å². The van der Waals surface area contributed by atoms with Crippen LogP contribution in [0.4, 0.5) is 4.39 Å². The standard InChI is InChI=1S/C13H18FNO3/c1-8(2)15-11(13(16)17)7-18-12-6-10(14)5-4-9(12)3/h4-6,8,11,15H,7H2,1-3H3,(H,16,17). The fourth-order valence-corrected chi connectivity index (χ4v) is 1.50. The monoisotopic (exact) mass is 255 g/mol. The first-order chi connectivity index (χ1) is 8.40. The van der Waals surface area contributed by atoms with Crippen molar-refractivity contribution in [2.45, 2.75) is 32.9 Å². The van der Waals surface area contributed by atoms with E-state index in [0.29, 0.717) is 5.75 Å². The van der Waals surface area contributed by atoms with Crippen molar-refractivity contribution in [3.05, 3.63) is 29.6 Å². The van der Waals surface area contributed by atoms with Crippen LogP contribution in [0.25, 0.3) is 0 Å². The first kappa shape index (κ1) is 14.4. The van der Waals surface area contributed by atoms with Crippen LogP contribution < -0.4 is 10.1 Å². The van der Waals surface area contributed by atoms with Gasteiger partial charge in [0.2, 0.25) is 0 Å². The van der Waals surface area contributed by atoms with Crippen LogP contribution in [-0.4, -0.2) is 29.8 Å². The van der Waals surface area contributed by atoms with E-state index in [1.165, 1.54) is 12.1 Å². The summed E-state index contributed by atoms with van der Waals surface area (Å²) in [5.74, 6) is -1.02. The molecular formula is C13H18FNO3. The number of carboxylic acids is 1. The van der Waals surface area contributed by atoms with Crippen molar-refractivity contribution in [2.75, 3.05) is 6.61 Å². The summed E-state index contributed by atoms with van der Waals surface area (Å²) in [5.41, 5.74) is 0.769. The summed E-state index contributed by atoms with van der Waals surface area (Å²) in [5, 5.41) is 11.9. The highest BCUT2D eigenvalue weighted by molar-refractivity contribution is 5.73. The fourth-order valence-electron chi connectivity index (χ4n) is 1.50. The minimum atomic E-state index is -0.988. The third-order valence-corrected chi connectivity index (χ3v) is 2.39. The van der Waals surface area contributed by atoms with Gasteiger partial charge in [-0.15, -0.1) is 0 Å². The maximum Gasteiger partial charge on any atom is 0.324 e. The van der Waals surface area contributed by atoms with Gasteiger partial charge in [0.1, 0.15) is 24.2 Å². The number of hydrogen-bond acceptors (Lipinski definition) is 3. The number of carboxylic acid groups (broad SMARTS) is 1. The quantitative estimate of drug-likeness (QED) is 0.816. The summed E-state index contributed by atoms with van der Waals surface area (Å²) in [6, 6.07) is 3.40. The molecule has 1 aromatic carbocycles. The zero-order chi connectivity index (χ0) is 13.7. The average molecular weight is 255 g/mol. The number of benzene rings is 1. The molecule has 4 nitrogen and oxygen atoms in total. The highest BCUT2D eigenvalue weighted by atomic mass is 19.1. The molecule has 0 saturated carbocycles. The first-order valence-corrected chi connectivity index (χ1v) is 5.78. The maximum atomic E-state index is 13.0. The summed E-state index contributed by atoms with van der Waals surface area (Å²) >= 11 is 0. The summed E-state index contributed by atoms with van der Waals surface area (Å²) in [6.45, 7) is 5.44. The van der Waals surface area contributed by atoms with Gasteiger partial charge in [-0.25, -0.2) is 4.39 Å². The number of carbonyl (C=O) groups is 1. The predicted molar refractivity (Wildman–Crippen MR) is 66.3 cm³/mol. The molecule has 0 fully saturated rings. The SMILES string of the molecule is Cc1ccc(F)cc1OCC(NC(C)C)C(=O)O. The molecule has 1 atom stereocenters. The number of halogens is 1. The Morgan fingerprint density at radius 1 is 1.50 bits per heavy atom. The zero-order valence-corrected chi connectivity index (χ0v) is 10.7. The van der Waals surface area contributed by atoms with Gasteiger partial charge in [0.15, 0.2) is 0 Å². The minimum absolute atomic E-state index is 0.0308. The molecule has 100 valence electrons. The van der Waals surface area contributed by atoms with E-state index < -0.39 is 17.8 Å². The lowest BCUT2D eigenvalue weighted by molar-refractivity contribution is -0.140. The number of nitrogens with one attached hydrogen (secondary N) is 1. The zero-order valence-electron chi connectivity index (χ0n) is 10.7. The van der Waals surface area contributed by atoms with Crippen LogP contribution in [-0.2, 0) is 4.79 Å². The van der Waals surface area contributed by atoms with Gasteiger partial charge < -0.3 is 9.84 Å². The van der Waals surface area contributed by atoms with Crippen LogP contribution in [0.15, 0.2) is 18.2 Å². The molecule has 2 N–H and O–H groups in total. The average Bonchev–Trinajstić information content (AvgIpc) is 2.27. The van der Waals surface area contributed by atoms with Gasteiger partial charge in [0.25, 0.3) is 0 Å². The molecule has 0 aromatic heterocycles. The number of ether oxygens (including phenoxy) is 1. The van der Waals surface area contributed by atoms with Crippen molar-refractivity contribution in [1.29, 1.82) is 0 Å². The highest BCUT2D eigenvalue weighted by Crippen LogP contribution is 2.18. The largest absolute Gasteiger partial charge is 0.491 e. The Hall–Kier alpha value is -1.62. The Bertz CT molecular complexity index is 421. The molecule has 18 heavy (non-hydrogen) atoms. The van der Waals surface area contributed by atoms with Crippen LogP contribution in [0, 0.1) is 12.7 Å². The molecule has 1 aromatic rings. The summed E-state index contributed by atoms with van der Waals surface area (Å²) in [4.78, 5) is 11.0. The van der Waals surface area contributed by atoms with Gasteiger partial charge in [0, 0.05) is 12.1 Å². The summed E-state index contributed by atoms with van der Waals surface area (Å²) in [6.07, 6.45) is 0. The highest BCUT2D eigenvalue weighted by Gasteiger charge is 2.19. The lowest BCUT2D eigenvalue weighted by atomic mass is 10.2. The molecule has 0 radical (unpaired) electrons. The van der Waals surface area contributed by atoms with Crippen LogP contribution in [0.2, 0.25) is 0 Å². The van der Waals surface area contributed by atoms with E-state index in [4.69, 9.17) is 9.84 Å². The van der Waals surface area contributed by atoms with Crippen molar-refractivity contribution in [3.8, 4) is 5.75 Å². The van der Waals surface area contributed by atoms with Gasteiger partial charge in [-0.3, -0.25) is 10.1 Å². The van der Waals surface area contributed by atoms with Crippen LogP contribution >= 0.6 is 0 Å². The Morgan fingerprint density at radius 2 is 2.17 bits per heavy atom. The first-order valence-electron chi connectivity index (χ1n) is 5.78. The maximum absolute atomic E-state index is 13.0. The molecule has 1 unspecified atom stereocenters. The second-order valence-electron chi connectivity index (χ2n) is 4.43. The molecular weight excluding hydrogens is 237 g/mol. The van der Waals surface area contributed by atoms with Crippen LogP contribution in [0.1, 0.15) is 19.4 Å². The van der Waals surface area contributed by atoms with E-state index in [2.05, 4.69) is 5.32 Å². The van der Waals surface area contributed by atoms with E-state index >= 15 is 0 Å². The summed E-state index contributed by atoms with van der Waals surface area (Å²) in [7, 11) is 0. The molecule has 0 amide bonds. The normalized spacial score (nSPS) is 12.5. The second kappa shape index (κ2) is 6.35. The Morgan fingerprint density at radius 3 is 2.72 bits per heavy atom. The molecule has 0 aliphatic heterocycles. The van der Waals surface area contributed by atoms with Crippen molar-refractivity contribution >= 4 is 5.97 Å². The number of aliphatic carboxylic acids is 1. The Labute approximate surface area is 106 Å². The van der Waals surface area contributed by atoms with Gasteiger partial charge in [-0.05, 0) is 18.6 Å².